The van der Waals surface area contributed by atoms with E-state index in [2.05, 4.69) is 53.2 Å². The maximum Gasteiger partial charge on any atom is -0.0813 e. The van der Waals surface area contributed by atoms with E-state index in [9.17, 15) is 0 Å². The number of pyridine rings is 2. The van der Waals surface area contributed by atoms with Crippen LogP contribution in [0.25, 0.3) is 0 Å². The van der Waals surface area contributed by atoms with Gasteiger partial charge in [-0.3, -0.25) is 0 Å². The van der Waals surface area contributed by atoms with Crippen molar-refractivity contribution < 1.29 is 14.6 Å². The van der Waals surface area contributed by atoms with E-state index >= 15 is 0 Å². The Hall–Kier alpha value is -1.70. The molecular weight excluding hydrogens is 314 g/mol. The van der Waals surface area contributed by atoms with Crippen LogP contribution in [0.5, 0.6) is 0 Å². The molecule has 0 aliphatic rings. The summed E-state index contributed by atoms with van der Waals surface area (Å²) in [5.41, 5.74) is 0. The van der Waals surface area contributed by atoms with Crippen molar-refractivity contribution in [2.45, 2.75) is 0 Å². The van der Waals surface area contributed by atoms with E-state index in [0.717, 1.165) is 0 Å². The Morgan fingerprint density at radius 3 is 1.15 bits per heavy atom. The van der Waals surface area contributed by atoms with Crippen molar-refractivity contribution in [3.8, 4) is 0 Å². The summed E-state index contributed by atoms with van der Waals surface area (Å²) in [6.45, 7) is 0. The van der Waals surface area contributed by atoms with Gasteiger partial charge in [-0.15, -0.1) is 0 Å². The summed E-state index contributed by atoms with van der Waals surface area (Å²) in [6.07, 6.45) is 8.67. The molecule has 2 heterocycles. The Labute approximate surface area is 132 Å². The van der Waals surface area contributed by atoms with Crippen LogP contribution in [0.3, 0.4) is 0 Å². The van der Waals surface area contributed by atoms with E-state index in [0.29, 0.717) is 0 Å². The predicted molar refractivity (Wildman–Crippen MR) is 77.3 cm³/mol. The van der Waals surface area contributed by atoms with Crippen LogP contribution in [-0.4, -0.2) is 9.97 Å². The van der Waals surface area contributed by atoms with E-state index < -0.39 is 0 Å². The first kappa shape index (κ1) is 18.3. The van der Waals surface area contributed by atoms with Gasteiger partial charge >= 0.3 is 24.8 Å². The van der Waals surface area contributed by atoms with Crippen LogP contribution >= 0.6 is 10.2 Å². The molecule has 20 heavy (non-hydrogen) atoms. The van der Waals surface area contributed by atoms with Crippen molar-refractivity contribution in [2.75, 3.05) is 0 Å². The normalized spacial score (nSPS) is 7.55. The SMILES string of the molecule is [Cl][Ni].[c-]1ccccc1.[c-]1ccccn1.[c-]1ccccn1. The second-order valence-corrected chi connectivity index (χ2v) is 3.00. The maximum absolute atomic E-state index is 4.26. The van der Waals surface area contributed by atoms with Gasteiger partial charge in [-0.1, -0.05) is 24.8 Å². The Morgan fingerprint density at radius 2 is 1.05 bits per heavy atom. The molecule has 0 unspecified atom stereocenters. The number of aromatic nitrogens is 2. The molecule has 0 aliphatic heterocycles. The van der Waals surface area contributed by atoms with Gasteiger partial charge < -0.3 is 9.97 Å². The zero-order valence-corrected chi connectivity index (χ0v) is 12.3. The minimum absolute atomic E-state index is 1.69. The standard InChI is InChI=1S/C6H5.2C5H4N.ClH.Ni/c3*1-2-4-6-5-3-1;;/h1-5H;2*1-4H;1H;/q3*-1;;+1/p-1. The number of nitrogens with zero attached hydrogens (tertiary/aromatic N) is 2. The number of halogens is 1. The maximum atomic E-state index is 4.26. The Balaban J connectivity index is 0.000000255. The molecule has 1 aromatic carbocycles. The number of hydrogen-bond acceptors (Lipinski definition) is 2. The largest absolute Gasteiger partial charge is 0.394 e. The quantitative estimate of drug-likeness (QED) is 0.462. The van der Waals surface area contributed by atoms with Gasteiger partial charge in [0.1, 0.15) is 0 Å². The van der Waals surface area contributed by atoms with Gasteiger partial charge in [0, 0.05) is 0 Å². The first-order chi connectivity index (χ1) is 10.0. The van der Waals surface area contributed by atoms with Gasteiger partial charge in [0.2, 0.25) is 0 Å². The van der Waals surface area contributed by atoms with Gasteiger partial charge in [-0.05, 0) is 0 Å². The molecule has 0 N–H and O–H groups in total. The molecular formula is C16H13ClN2Ni-3. The zero-order valence-electron chi connectivity index (χ0n) is 10.6. The Bertz CT molecular complexity index is 311. The summed E-state index contributed by atoms with van der Waals surface area (Å²) < 4.78 is 0. The molecule has 0 bridgehead atoms. The van der Waals surface area contributed by atoms with Crippen molar-refractivity contribution in [1.29, 1.82) is 0 Å². The fourth-order valence-corrected chi connectivity index (χ4v) is 0.897. The van der Waals surface area contributed by atoms with Gasteiger partial charge in [0.05, 0.1) is 0 Å². The minimum atomic E-state index is 1.69. The van der Waals surface area contributed by atoms with Crippen LogP contribution in [0.1, 0.15) is 0 Å². The molecule has 0 fully saturated rings. The van der Waals surface area contributed by atoms with Gasteiger partial charge in [0.25, 0.3) is 0 Å². The first-order valence-electron chi connectivity index (χ1n) is 5.57. The van der Waals surface area contributed by atoms with Gasteiger partial charge in [-0.2, -0.15) is 72.8 Å². The summed E-state index contributed by atoms with van der Waals surface area (Å²) in [5.74, 6) is 0. The molecule has 2 nitrogen and oxygen atoms in total. The number of hydrogen-bond donors (Lipinski definition) is 0. The summed E-state index contributed by atoms with van der Waals surface area (Å²) in [6, 6.07) is 23.5. The van der Waals surface area contributed by atoms with Crippen LogP contribution in [0.15, 0.2) is 79.1 Å². The van der Waals surface area contributed by atoms with E-state index in [1.54, 1.807) is 24.5 Å². The molecule has 3 aromatic rings. The molecule has 0 amide bonds. The Morgan fingerprint density at radius 1 is 0.600 bits per heavy atom. The van der Waals surface area contributed by atoms with Crippen LogP contribution < -0.4 is 0 Å². The predicted octanol–water partition coefficient (Wildman–Crippen LogP) is 3.94. The van der Waals surface area contributed by atoms with Gasteiger partial charge in [-0.25, -0.2) is 0 Å². The van der Waals surface area contributed by atoms with Crippen molar-refractivity contribution in [1.82, 2.24) is 9.97 Å². The summed E-state index contributed by atoms with van der Waals surface area (Å²) in [5, 5.41) is 0. The molecule has 0 spiro atoms. The molecule has 0 aliphatic carbocycles. The molecule has 3 rings (SSSR count). The fraction of sp³-hybridized carbons (Fsp3) is 0. The van der Waals surface area contributed by atoms with E-state index in [1.165, 1.54) is 0 Å². The number of benzene rings is 1. The average Bonchev–Trinajstić information content (AvgIpc) is 2.62. The van der Waals surface area contributed by atoms with Crippen molar-refractivity contribution in [3.05, 3.63) is 97.6 Å². The van der Waals surface area contributed by atoms with E-state index in [4.69, 9.17) is 0 Å². The van der Waals surface area contributed by atoms with Crippen LogP contribution in [-0.2, 0) is 14.6 Å². The van der Waals surface area contributed by atoms with Crippen LogP contribution in [0.2, 0.25) is 0 Å². The molecule has 0 saturated heterocycles. The molecule has 4 heteroatoms. The zero-order chi connectivity index (χ0) is 14.7. The van der Waals surface area contributed by atoms with Crippen LogP contribution in [0, 0.1) is 18.5 Å². The molecule has 0 radical (unpaired) electrons. The van der Waals surface area contributed by atoms with E-state index in [-0.39, 0.29) is 0 Å². The van der Waals surface area contributed by atoms with Crippen LogP contribution in [0.4, 0.5) is 0 Å². The molecule has 2 aromatic heterocycles. The summed E-state index contributed by atoms with van der Waals surface area (Å²) in [4.78, 5) is 7.32. The van der Waals surface area contributed by atoms with Crippen molar-refractivity contribution in [3.63, 3.8) is 0 Å². The van der Waals surface area contributed by atoms with E-state index in [1.807, 2.05) is 54.6 Å². The minimum Gasteiger partial charge on any atom is -0.394 e. The Kier molecular flexibility index (Phi) is 15.8. The fourth-order valence-electron chi connectivity index (χ4n) is 0.897. The first-order valence-corrected chi connectivity index (χ1v) is 6.93. The second kappa shape index (κ2) is 17.3. The summed E-state index contributed by atoms with van der Waals surface area (Å²) >= 11 is 3.35. The van der Waals surface area contributed by atoms with Crippen molar-refractivity contribution >= 4 is 10.2 Å². The molecule has 0 atom stereocenters. The average molecular weight is 327 g/mol. The summed E-state index contributed by atoms with van der Waals surface area (Å²) in [7, 11) is 4.26. The third-order valence-corrected chi connectivity index (χ3v) is 1.64. The molecule has 0 saturated carbocycles. The third kappa shape index (κ3) is 14.4. The third-order valence-electron chi connectivity index (χ3n) is 1.64. The van der Waals surface area contributed by atoms with Crippen molar-refractivity contribution in [2.24, 2.45) is 0 Å². The van der Waals surface area contributed by atoms with Gasteiger partial charge in [0.15, 0.2) is 0 Å². The monoisotopic (exact) mass is 326 g/mol. The topological polar surface area (TPSA) is 25.8 Å². The number of rotatable bonds is 0. The smallest absolute Gasteiger partial charge is 0.0813 e. The second-order valence-electron chi connectivity index (χ2n) is 3.00. The molecule has 107 valence electrons.